The Morgan fingerprint density at radius 2 is 1.71 bits per heavy atom. The number of nitrogens with zero attached hydrogens (tertiary/aromatic N) is 1. The summed E-state index contributed by atoms with van der Waals surface area (Å²) in [5.74, 6) is -5.62. The number of ether oxygens (including phenoxy) is 1. The number of alkyl halides is 5. The van der Waals surface area contributed by atoms with Crippen molar-refractivity contribution in [2.24, 2.45) is 0 Å². The van der Waals surface area contributed by atoms with Crippen molar-refractivity contribution < 1.29 is 26.7 Å². The van der Waals surface area contributed by atoms with Crippen LogP contribution in [-0.4, -0.2) is 23.7 Å². The first-order valence-electron chi connectivity index (χ1n) is 4.23. The molecule has 0 atom stereocenters. The van der Waals surface area contributed by atoms with Gasteiger partial charge in [-0.1, -0.05) is 0 Å². The van der Waals surface area contributed by atoms with E-state index in [0.29, 0.717) is 0 Å². The molecule has 17 heavy (non-hydrogen) atoms. The third-order valence-electron chi connectivity index (χ3n) is 1.75. The van der Waals surface area contributed by atoms with Gasteiger partial charge in [-0.15, -0.1) is 0 Å². The molecule has 9 heteroatoms. The second-order valence-electron chi connectivity index (χ2n) is 3.11. The fraction of sp³-hybridized carbons (Fsp3) is 0.375. The van der Waals surface area contributed by atoms with Crippen molar-refractivity contribution in [1.29, 1.82) is 0 Å². The van der Waals surface area contributed by atoms with Crippen molar-refractivity contribution in [3.05, 3.63) is 12.1 Å². The number of halogens is 5. The first-order chi connectivity index (χ1) is 7.63. The van der Waals surface area contributed by atoms with Crippen molar-refractivity contribution in [2.75, 3.05) is 18.1 Å². The van der Waals surface area contributed by atoms with Gasteiger partial charge >= 0.3 is 12.1 Å². The molecule has 4 N–H and O–H groups in total. The normalized spacial score (nSPS) is 12.5. The first-order valence-corrected chi connectivity index (χ1v) is 4.23. The van der Waals surface area contributed by atoms with E-state index in [9.17, 15) is 22.0 Å². The average Bonchev–Trinajstić information content (AvgIpc) is 2.18. The summed E-state index contributed by atoms with van der Waals surface area (Å²) in [6.45, 7) is -1.87. The molecule has 0 unspecified atom stereocenters. The molecule has 0 radical (unpaired) electrons. The molecule has 0 fully saturated rings. The van der Waals surface area contributed by atoms with Gasteiger partial charge < -0.3 is 16.2 Å². The SMILES string of the molecule is Nc1ccc(OCC(F)(F)C(F)(F)F)nc1N. The molecule has 0 bridgehead atoms. The van der Waals surface area contributed by atoms with Crippen molar-refractivity contribution >= 4 is 11.5 Å². The topological polar surface area (TPSA) is 74.2 Å². The summed E-state index contributed by atoms with van der Waals surface area (Å²) in [5, 5.41) is 0. The molecule has 96 valence electrons. The molecule has 0 aromatic carbocycles. The van der Waals surface area contributed by atoms with Gasteiger partial charge in [-0.2, -0.15) is 26.9 Å². The summed E-state index contributed by atoms with van der Waals surface area (Å²) in [7, 11) is 0. The maximum absolute atomic E-state index is 12.5. The van der Waals surface area contributed by atoms with Crippen LogP contribution in [-0.2, 0) is 0 Å². The van der Waals surface area contributed by atoms with E-state index >= 15 is 0 Å². The number of pyridine rings is 1. The Morgan fingerprint density at radius 3 is 2.18 bits per heavy atom. The minimum absolute atomic E-state index is 0.0694. The Balaban J connectivity index is 2.71. The van der Waals surface area contributed by atoms with Crippen molar-refractivity contribution in [1.82, 2.24) is 4.98 Å². The van der Waals surface area contributed by atoms with E-state index in [-0.39, 0.29) is 11.5 Å². The molecule has 1 aromatic heterocycles. The highest BCUT2D eigenvalue weighted by molar-refractivity contribution is 5.58. The van der Waals surface area contributed by atoms with Crippen molar-refractivity contribution in [3.8, 4) is 5.88 Å². The molecule has 1 aromatic rings. The second-order valence-corrected chi connectivity index (χ2v) is 3.11. The van der Waals surface area contributed by atoms with Crippen LogP contribution in [0, 0.1) is 0 Å². The number of anilines is 2. The summed E-state index contributed by atoms with van der Waals surface area (Å²) in [6.07, 6.45) is -5.67. The third kappa shape index (κ3) is 3.08. The lowest BCUT2D eigenvalue weighted by Gasteiger charge is -2.19. The number of nitrogen functional groups attached to an aromatic ring is 2. The van der Waals surface area contributed by atoms with Gasteiger partial charge in [0.15, 0.2) is 12.4 Å². The number of aromatic nitrogens is 1. The fourth-order valence-electron chi connectivity index (χ4n) is 0.794. The highest BCUT2D eigenvalue weighted by atomic mass is 19.4. The van der Waals surface area contributed by atoms with Gasteiger partial charge in [0.2, 0.25) is 5.88 Å². The Morgan fingerprint density at radius 1 is 1.12 bits per heavy atom. The van der Waals surface area contributed by atoms with Crippen LogP contribution < -0.4 is 16.2 Å². The van der Waals surface area contributed by atoms with Crippen molar-refractivity contribution in [3.63, 3.8) is 0 Å². The smallest absolute Gasteiger partial charge is 0.456 e. The maximum atomic E-state index is 12.5. The Bertz CT molecular complexity index is 407. The predicted molar refractivity (Wildman–Crippen MR) is 49.6 cm³/mol. The first kappa shape index (κ1) is 13.3. The zero-order chi connectivity index (χ0) is 13.3. The quantitative estimate of drug-likeness (QED) is 0.810. The molecule has 1 rings (SSSR count). The number of hydrogen-bond acceptors (Lipinski definition) is 4. The molecule has 0 aliphatic rings. The highest BCUT2D eigenvalue weighted by Crippen LogP contribution is 2.35. The third-order valence-corrected chi connectivity index (χ3v) is 1.75. The van der Waals surface area contributed by atoms with Crippen LogP contribution in [0.15, 0.2) is 12.1 Å². The lowest BCUT2D eigenvalue weighted by molar-refractivity contribution is -0.290. The summed E-state index contributed by atoms with van der Waals surface area (Å²) in [5.41, 5.74) is 10.6. The van der Waals surface area contributed by atoms with Gasteiger partial charge in [0, 0.05) is 6.07 Å². The van der Waals surface area contributed by atoms with Crippen LogP contribution in [0.1, 0.15) is 0 Å². The van der Waals surface area contributed by atoms with Crippen LogP contribution in [0.25, 0.3) is 0 Å². The zero-order valence-corrected chi connectivity index (χ0v) is 8.26. The van der Waals surface area contributed by atoms with Gasteiger partial charge in [-0.05, 0) is 6.07 Å². The molecule has 4 nitrogen and oxygen atoms in total. The molecule has 0 aliphatic carbocycles. The zero-order valence-electron chi connectivity index (χ0n) is 8.26. The summed E-state index contributed by atoms with van der Waals surface area (Å²) >= 11 is 0. The molecular weight excluding hydrogens is 249 g/mol. The largest absolute Gasteiger partial charge is 0.471 e. The van der Waals surface area contributed by atoms with Gasteiger partial charge in [-0.3, -0.25) is 0 Å². The summed E-state index contributed by atoms with van der Waals surface area (Å²) in [4.78, 5) is 3.39. The Labute approximate surface area is 92.4 Å². The molecule has 0 aliphatic heterocycles. The van der Waals surface area contributed by atoms with E-state index in [1.54, 1.807) is 0 Å². The molecule has 0 saturated carbocycles. The average molecular weight is 257 g/mol. The summed E-state index contributed by atoms with van der Waals surface area (Å²) < 4.78 is 64.5. The monoisotopic (exact) mass is 257 g/mol. The fourth-order valence-corrected chi connectivity index (χ4v) is 0.794. The van der Waals surface area contributed by atoms with Gasteiger partial charge in [0.25, 0.3) is 0 Å². The lowest BCUT2D eigenvalue weighted by Crippen LogP contribution is -2.41. The predicted octanol–water partition coefficient (Wildman–Crippen LogP) is 1.82. The lowest BCUT2D eigenvalue weighted by atomic mass is 10.3. The van der Waals surface area contributed by atoms with Crippen LogP contribution in [0.5, 0.6) is 5.88 Å². The second kappa shape index (κ2) is 4.22. The molecular formula is C8H8F5N3O. The van der Waals surface area contributed by atoms with Crippen LogP contribution in [0.2, 0.25) is 0 Å². The van der Waals surface area contributed by atoms with E-state index in [4.69, 9.17) is 11.5 Å². The van der Waals surface area contributed by atoms with Gasteiger partial charge in [0.1, 0.15) is 0 Å². The van der Waals surface area contributed by atoms with E-state index in [1.807, 2.05) is 0 Å². The van der Waals surface area contributed by atoms with Crippen molar-refractivity contribution in [2.45, 2.75) is 12.1 Å². The number of hydrogen-bond donors (Lipinski definition) is 2. The Kier molecular flexibility index (Phi) is 3.30. The minimum atomic E-state index is -5.67. The van der Waals surface area contributed by atoms with Crippen LogP contribution in [0.3, 0.4) is 0 Å². The Hall–Kier alpha value is -1.80. The highest BCUT2D eigenvalue weighted by Gasteiger charge is 2.58. The van der Waals surface area contributed by atoms with E-state index < -0.39 is 24.6 Å². The number of nitrogens with two attached hydrogens (primary N) is 2. The van der Waals surface area contributed by atoms with E-state index in [0.717, 1.165) is 6.07 Å². The molecule has 0 saturated heterocycles. The number of rotatable bonds is 3. The van der Waals surface area contributed by atoms with E-state index in [2.05, 4.69) is 9.72 Å². The minimum Gasteiger partial charge on any atom is -0.471 e. The standard InChI is InChI=1S/C8H8F5N3O/c9-7(10,8(11,12)13)3-17-5-2-1-4(14)6(15)16-5/h1-2H,3,14H2,(H2,15,16). The molecule has 1 heterocycles. The van der Waals surface area contributed by atoms with Gasteiger partial charge in [-0.25, -0.2) is 0 Å². The summed E-state index contributed by atoms with van der Waals surface area (Å²) in [6, 6.07) is 2.22. The van der Waals surface area contributed by atoms with Crippen LogP contribution >= 0.6 is 0 Å². The maximum Gasteiger partial charge on any atom is 0.456 e. The van der Waals surface area contributed by atoms with Crippen LogP contribution in [0.4, 0.5) is 33.5 Å². The van der Waals surface area contributed by atoms with E-state index in [1.165, 1.54) is 6.07 Å². The molecule has 0 spiro atoms. The molecule has 0 amide bonds. The van der Waals surface area contributed by atoms with Gasteiger partial charge in [0.05, 0.1) is 5.69 Å².